The molecule has 0 fully saturated rings. The Morgan fingerprint density at radius 3 is 3.08 bits per heavy atom. The van der Waals surface area contributed by atoms with E-state index in [9.17, 15) is 4.79 Å². The van der Waals surface area contributed by atoms with Crippen molar-refractivity contribution in [1.29, 1.82) is 0 Å². The first-order valence-electron chi connectivity index (χ1n) is 4.61. The Hall–Kier alpha value is -1.71. The van der Waals surface area contributed by atoms with Gasteiger partial charge in [0.1, 0.15) is 5.75 Å². The Kier molecular flexibility index (Phi) is 1.31. The summed E-state index contributed by atoms with van der Waals surface area (Å²) in [4.78, 5) is 10.7. The van der Waals surface area contributed by atoms with Gasteiger partial charge in [0, 0.05) is 5.69 Å². The highest BCUT2D eigenvalue weighted by Gasteiger charge is 2.07. The van der Waals surface area contributed by atoms with Crippen molar-refractivity contribution in [3.05, 3.63) is 23.8 Å². The number of carbonyl (C=O) groups is 1. The van der Waals surface area contributed by atoms with Crippen LogP contribution in [-0.4, -0.2) is 18.1 Å². The van der Waals surface area contributed by atoms with E-state index in [0.717, 1.165) is 6.07 Å². The first-order chi connectivity index (χ1) is 6.79. The van der Waals surface area contributed by atoms with Crippen LogP contribution in [0.5, 0.6) is 5.75 Å². The molecule has 1 rings (SSSR count). The lowest BCUT2D eigenvalue weighted by atomic mass is 10.2. The van der Waals surface area contributed by atoms with E-state index < -0.39 is 13.0 Å². The summed E-state index contributed by atoms with van der Waals surface area (Å²) in [5.74, 6) is -1.29. The fourth-order valence-electron chi connectivity index (χ4n) is 0.784. The highest BCUT2D eigenvalue weighted by Crippen LogP contribution is 2.18. The van der Waals surface area contributed by atoms with Crippen LogP contribution in [0.3, 0.4) is 0 Å². The monoisotopic (exact) mass is 170 g/mol. The predicted octanol–water partition coefficient (Wildman–Crippen LogP) is 0.976. The highest BCUT2D eigenvalue weighted by atomic mass is 16.5. The van der Waals surface area contributed by atoms with E-state index in [0.29, 0.717) is 0 Å². The molecule has 12 heavy (non-hydrogen) atoms. The average Bonchev–Trinajstić information content (AvgIpc) is 2.05. The van der Waals surface area contributed by atoms with Gasteiger partial charge in [-0.15, -0.1) is 0 Å². The van der Waals surface area contributed by atoms with Crippen LogP contribution in [0.4, 0.5) is 5.69 Å². The normalized spacial score (nSPS) is 14.2. The standard InChI is InChI=1S/C8H9NO3/c1-12-5-2-3-7(9)6(4-5)8(10)11/h2-4H,9H2,1H3,(H,10,11)/i1D3. The maximum Gasteiger partial charge on any atom is 0.337 e. The molecule has 0 saturated carbocycles. The van der Waals surface area contributed by atoms with Crippen molar-refractivity contribution >= 4 is 11.7 Å². The molecular weight excluding hydrogens is 158 g/mol. The molecule has 3 N–H and O–H groups in total. The van der Waals surface area contributed by atoms with E-state index in [1.807, 2.05) is 0 Å². The number of hydrogen-bond acceptors (Lipinski definition) is 3. The summed E-state index contributed by atoms with van der Waals surface area (Å²) in [6, 6.07) is 3.66. The summed E-state index contributed by atoms with van der Waals surface area (Å²) in [5.41, 5.74) is 5.25. The van der Waals surface area contributed by atoms with Crippen LogP contribution in [0.1, 0.15) is 14.5 Å². The number of carboxylic acid groups (broad SMARTS) is 1. The Labute approximate surface area is 73.8 Å². The molecule has 0 aromatic heterocycles. The number of nitrogen functional groups attached to an aromatic ring is 1. The molecule has 0 saturated heterocycles. The van der Waals surface area contributed by atoms with E-state index in [1.54, 1.807) is 0 Å². The Morgan fingerprint density at radius 1 is 1.75 bits per heavy atom. The summed E-state index contributed by atoms with van der Waals surface area (Å²) >= 11 is 0. The molecule has 0 bridgehead atoms. The minimum atomic E-state index is -2.61. The molecule has 0 spiro atoms. The van der Waals surface area contributed by atoms with Crippen LogP contribution in [-0.2, 0) is 0 Å². The average molecular weight is 170 g/mol. The van der Waals surface area contributed by atoms with Crippen LogP contribution >= 0.6 is 0 Å². The molecule has 0 aliphatic heterocycles. The van der Waals surface area contributed by atoms with E-state index in [2.05, 4.69) is 4.74 Å². The van der Waals surface area contributed by atoms with Gasteiger partial charge in [0.05, 0.1) is 16.7 Å². The number of methoxy groups -OCH3 is 1. The first-order valence-corrected chi connectivity index (χ1v) is 3.11. The van der Waals surface area contributed by atoms with Gasteiger partial charge >= 0.3 is 5.97 Å². The van der Waals surface area contributed by atoms with Crippen LogP contribution < -0.4 is 10.5 Å². The fraction of sp³-hybridized carbons (Fsp3) is 0.125. The number of ether oxygens (including phenoxy) is 1. The molecule has 4 heteroatoms. The summed E-state index contributed by atoms with van der Waals surface area (Å²) in [5, 5.41) is 8.71. The Balaban J connectivity index is 3.03. The predicted molar refractivity (Wildman–Crippen MR) is 44.4 cm³/mol. The highest BCUT2D eigenvalue weighted by molar-refractivity contribution is 5.94. The lowest BCUT2D eigenvalue weighted by molar-refractivity contribution is 0.0697. The molecule has 1 aromatic rings. The second-order valence-corrected chi connectivity index (χ2v) is 2.16. The van der Waals surface area contributed by atoms with Crippen molar-refractivity contribution in [3.8, 4) is 5.75 Å². The smallest absolute Gasteiger partial charge is 0.337 e. The van der Waals surface area contributed by atoms with Crippen molar-refractivity contribution in [2.24, 2.45) is 0 Å². The van der Waals surface area contributed by atoms with Gasteiger partial charge in [-0.05, 0) is 18.2 Å². The van der Waals surface area contributed by atoms with E-state index in [1.165, 1.54) is 12.1 Å². The van der Waals surface area contributed by atoms with Gasteiger partial charge < -0.3 is 15.6 Å². The van der Waals surface area contributed by atoms with Gasteiger partial charge in [-0.2, -0.15) is 0 Å². The maximum absolute atomic E-state index is 10.7. The van der Waals surface area contributed by atoms with Crippen LogP contribution in [0, 0.1) is 0 Å². The van der Waals surface area contributed by atoms with Crippen LogP contribution in [0.15, 0.2) is 18.2 Å². The molecular formula is C8H9NO3. The molecule has 64 valence electrons. The third-order valence-electron chi connectivity index (χ3n) is 1.37. The molecule has 0 radical (unpaired) electrons. The number of anilines is 1. The minimum absolute atomic E-state index is 0.0541. The zero-order valence-electron chi connectivity index (χ0n) is 9.07. The minimum Gasteiger partial charge on any atom is -0.497 e. The van der Waals surface area contributed by atoms with Gasteiger partial charge in [0.15, 0.2) is 0 Å². The second kappa shape index (κ2) is 3.13. The number of hydrogen-bond donors (Lipinski definition) is 2. The van der Waals surface area contributed by atoms with Gasteiger partial charge in [0.25, 0.3) is 0 Å². The topological polar surface area (TPSA) is 72.5 Å². The lowest BCUT2D eigenvalue weighted by Crippen LogP contribution is -2.02. The van der Waals surface area contributed by atoms with E-state index in [4.69, 9.17) is 15.0 Å². The summed E-state index contributed by atoms with van der Waals surface area (Å²) < 4.78 is 25.0. The maximum atomic E-state index is 10.7. The fourth-order valence-corrected chi connectivity index (χ4v) is 0.784. The molecule has 1 aromatic carbocycles. The van der Waals surface area contributed by atoms with Crippen molar-refractivity contribution < 1.29 is 18.8 Å². The van der Waals surface area contributed by atoms with Gasteiger partial charge in [-0.25, -0.2) is 4.79 Å². The van der Waals surface area contributed by atoms with Crippen molar-refractivity contribution in [3.63, 3.8) is 0 Å². The molecule has 0 amide bonds. The van der Waals surface area contributed by atoms with Crippen molar-refractivity contribution in [2.45, 2.75) is 0 Å². The molecule has 4 nitrogen and oxygen atoms in total. The quantitative estimate of drug-likeness (QED) is 0.649. The second-order valence-electron chi connectivity index (χ2n) is 2.16. The van der Waals surface area contributed by atoms with Crippen molar-refractivity contribution in [1.82, 2.24) is 0 Å². The Morgan fingerprint density at radius 2 is 2.50 bits per heavy atom. The molecule has 0 heterocycles. The zero-order valence-corrected chi connectivity index (χ0v) is 6.07. The number of nitrogens with two attached hydrogens (primary N) is 1. The number of rotatable bonds is 2. The molecule has 0 aliphatic rings. The van der Waals surface area contributed by atoms with Gasteiger partial charge in [0.2, 0.25) is 0 Å². The molecule has 0 unspecified atom stereocenters. The summed E-state index contributed by atoms with van der Waals surface area (Å²) in [6.45, 7) is 0. The third kappa shape index (κ3) is 1.47. The number of aromatic carboxylic acids is 1. The zero-order chi connectivity index (χ0) is 11.6. The van der Waals surface area contributed by atoms with Crippen LogP contribution in [0.25, 0.3) is 0 Å². The molecule has 0 atom stereocenters. The van der Waals surface area contributed by atoms with Crippen molar-refractivity contribution in [2.75, 3.05) is 12.8 Å². The Bertz CT molecular complexity index is 389. The van der Waals surface area contributed by atoms with E-state index >= 15 is 0 Å². The summed E-state index contributed by atoms with van der Waals surface area (Å²) in [6.07, 6.45) is 0. The number of carboxylic acids is 1. The number of benzene rings is 1. The largest absolute Gasteiger partial charge is 0.497 e. The lowest BCUT2D eigenvalue weighted by Gasteiger charge is -2.03. The van der Waals surface area contributed by atoms with Gasteiger partial charge in [-0.1, -0.05) is 0 Å². The molecule has 0 aliphatic carbocycles. The third-order valence-corrected chi connectivity index (χ3v) is 1.37. The van der Waals surface area contributed by atoms with Crippen LogP contribution in [0.2, 0.25) is 0 Å². The van der Waals surface area contributed by atoms with Gasteiger partial charge in [-0.3, -0.25) is 0 Å². The van der Waals surface area contributed by atoms with E-state index in [-0.39, 0.29) is 17.0 Å². The summed E-state index contributed by atoms with van der Waals surface area (Å²) in [7, 11) is -2.61. The SMILES string of the molecule is [2H]C([2H])([2H])Oc1ccc(N)c(C(=O)O)c1. The first kappa shape index (κ1) is 5.03.